The van der Waals surface area contributed by atoms with Crippen LogP contribution in [0.4, 0.5) is 11.7 Å². The average Bonchev–Trinajstić information content (AvgIpc) is 3.17. The van der Waals surface area contributed by atoms with E-state index in [-0.39, 0.29) is 28.7 Å². The van der Waals surface area contributed by atoms with Crippen LogP contribution in [-0.2, 0) is 0 Å². The Morgan fingerprint density at radius 2 is 2.33 bits per heavy atom. The summed E-state index contributed by atoms with van der Waals surface area (Å²) in [4.78, 5) is 20.5. The van der Waals surface area contributed by atoms with Crippen LogP contribution >= 0.6 is 0 Å². The lowest BCUT2D eigenvalue weighted by Crippen LogP contribution is -2.41. The van der Waals surface area contributed by atoms with Crippen molar-refractivity contribution in [2.45, 2.75) is 25.9 Å². The lowest BCUT2D eigenvalue weighted by Gasteiger charge is -2.30. The van der Waals surface area contributed by atoms with Crippen LogP contribution in [0.1, 0.15) is 41.4 Å². The van der Waals surface area contributed by atoms with Gasteiger partial charge in [-0.25, -0.2) is 15.0 Å². The molecule has 3 N–H and O–H groups in total. The van der Waals surface area contributed by atoms with Crippen molar-refractivity contribution in [2.24, 2.45) is 4.99 Å². The first-order valence-corrected chi connectivity index (χ1v) is 8.80. The second kappa shape index (κ2) is 6.98. The fourth-order valence-corrected chi connectivity index (χ4v) is 3.32. The molecule has 0 amide bonds. The summed E-state index contributed by atoms with van der Waals surface area (Å²) in [6, 6.07) is 3.68. The third-order valence-corrected chi connectivity index (χ3v) is 4.63. The van der Waals surface area contributed by atoms with E-state index in [0.29, 0.717) is 18.9 Å². The Morgan fingerprint density at radius 3 is 3.11 bits per heavy atom. The lowest BCUT2D eigenvalue weighted by molar-refractivity contribution is 0.0824. The predicted octanol–water partition coefficient (Wildman–Crippen LogP) is 2.62. The van der Waals surface area contributed by atoms with Crippen LogP contribution in [0, 0.1) is 0 Å². The molecule has 0 aromatic carbocycles. The minimum absolute atomic E-state index is 0.0864. The van der Waals surface area contributed by atoms with Gasteiger partial charge in [0.15, 0.2) is 23.1 Å². The van der Waals surface area contributed by atoms with Gasteiger partial charge < -0.3 is 14.6 Å². The number of furan rings is 1. The highest BCUT2D eigenvalue weighted by Crippen LogP contribution is 2.38. The van der Waals surface area contributed by atoms with Gasteiger partial charge >= 0.3 is 0 Å². The first kappa shape index (κ1) is 17.4. The number of aliphatic hydroxyl groups excluding tert-OH is 1. The number of carbonyl (C=O) groups is 1. The number of β-amino-alcohol motifs (C(OH)–C–C–N with tert-alkyl or cyclic N) is 1. The minimum Gasteiger partial charge on any atom is -0.504 e. The summed E-state index contributed by atoms with van der Waals surface area (Å²) >= 11 is 0. The Bertz CT molecular complexity index is 947. The van der Waals surface area contributed by atoms with Gasteiger partial charge in [0, 0.05) is 36.6 Å². The quantitative estimate of drug-likeness (QED) is 0.711. The molecule has 0 radical (unpaired) electrons. The van der Waals surface area contributed by atoms with Crippen LogP contribution in [-0.4, -0.2) is 51.4 Å². The lowest BCUT2D eigenvalue weighted by atomic mass is 10.1. The maximum Gasteiger partial charge on any atom is 0.222 e. The number of nitrogens with zero attached hydrogens (tertiary/aromatic N) is 3. The molecule has 0 spiro atoms. The molecule has 1 unspecified atom stereocenters. The molecule has 8 nitrogen and oxygen atoms in total. The molecule has 1 fully saturated rings. The number of allylic oxidation sites excluding steroid dienone is 1. The molecule has 27 heavy (non-hydrogen) atoms. The number of aliphatic imine (C=N–C) groups is 1. The molecule has 0 bridgehead atoms. The molecule has 4 heterocycles. The number of hydrogen-bond acceptors (Lipinski definition) is 8. The van der Waals surface area contributed by atoms with Gasteiger partial charge in [0.05, 0.1) is 6.10 Å². The molecule has 0 aliphatic carbocycles. The molecular formula is C19H20N4O4. The van der Waals surface area contributed by atoms with E-state index in [2.05, 4.69) is 15.4 Å². The molecule has 140 valence electrons. The van der Waals surface area contributed by atoms with Crippen molar-refractivity contribution in [2.75, 3.05) is 18.5 Å². The second-order valence-electron chi connectivity index (χ2n) is 6.66. The van der Waals surface area contributed by atoms with E-state index < -0.39 is 6.10 Å². The van der Waals surface area contributed by atoms with Crippen LogP contribution in [0.3, 0.4) is 0 Å². The molecule has 2 aliphatic heterocycles. The Morgan fingerprint density at radius 1 is 1.48 bits per heavy atom. The van der Waals surface area contributed by atoms with E-state index in [1.54, 1.807) is 29.6 Å². The van der Waals surface area contributed by atoms with Crippen molar-refractivity contribution >= 4 is 35.3 Å². The number of anilines is 1. The molecule has 1 saturated heterocycles. The minimum atomic E-state index is -0.434. The average molecular weight is 368 g/mol. The number of aromatic hydroxyl groups is 1. The van der Waals surface area contributed by atoms with E-state index in [1.165, 1.54) is 6.92 Å². The predicted molar refractivity (Wildman–Crippen MR) is 101 cm³/mol. The van der Waals surface area contributed by atoms with Gasteiger partial charge in [-0.05, 0) is 38.0 Å². The number of carbonyl (C=O) groups excluding carboxylic acids is 1. The summed E-state index contributed by atoms with van der Waals surface area (Å²) in [7, 11) is 0. The summed E-state index contributed by atoms with van der Waals surface area (Å²) in [6.07, 6.45) is 6.07. The summed E-state index contributed by atoms with van der Waals surface area (Å²) in [5, 5.41) is 22.1. The summed E-state index contributed by atoms with van der Waals surface area (Å²) < 4.78 is 5.76. The van der Waals surface area contributed by atoms with Gasteiger partial charge in [0.2, 0.25) is 5.88 Å². The standard InChI is InChI=1S/C19H20N4O4/c1-11(24)16-17(26)15(8-12-9-21-18-14(12)5-2-6-20-18)27-19(16)22-23-7-3-4-13(25)10-23/h2,5-6,8-9,13,22,25-26H,3-4,7,10H2,1H3. The number of aliphatic hydroxyl groups is 1. The fourth-order valence-electron chi connectivity index (χ4n) is 3.32. The molecule has 2 aliphatic rings. The number of rotatable bonds is 4. The van der Waals surface area contributed by atoms with Crippen LogP contribution in [0.5, 0.6) is 5.75 Å². The van der Waals surface area contributed by atoms with Gasteiger partial charge in [-0.2, -0.15) is 0 Å². The van der Waals surface area contributed by atoms with E-state index >= 15 is 0 Å². The van der Waals surface area contributed by atoms with Crippen LogP contribution in [0.2, 0.25) is 0 Å². The first-order chi connectivity index (χ1) is 13.0. The zero-order valence-electron chi connectivity index (χ0n) is 14.8. The zero-order valence-corrected chi connectivity index (χ0v) is 14.8. The van der Waals surface area contributed by atoms with Crippen LogP contribution in [0.15, 0.2) is 27.7 Å². The number of ketones is 1. The second-order valence-corrected chi connectivity index (χ2v) is 6.66. The third-order valence-electron chi connectivity index (χ3n) is 4.63. The number of aromatic nitrogens is 1. The van der Waals surface area contributed by atoms with Gasteiger partial charge in [0.1, 0.15) is 5.56 Å². The Kier molecular flexibility index (Phi) is 4.51. The van der Waals surface area contributed by atoms with Crippen molar-refractivity contribution in [3.05, 3.63) is 35.2 Å². The SMILES string of the molecule is CC(=O)c1c(NN2CCCC(O)C2)oc(C=C2C=Nc3ncccc32)c1O. The largest absolute Gasteiger partial charge is 0.504 e. The highest BCUT2D eigenvalue weighted by molar-refractivity contribution is 6.21. The van der Waals surface area contributed by atoms with Crippen molar-refractivity contribution in [1.29, 1.82) is 0 Å². The monoisotopic (exact) mass is 368 g/mol. The van der Waals surface area contributed by atoms with Gasteiger partial charge in [-0.1, -0.05) is 0 Å². The van der Waals surface area contributed by atoms with Crippen molar-refractivity contribution in [3.63, 3.8) is 0 Å². The number of piperidine rings is 1. The smallest absolute Gasteiger partial charge is 0.222 e. The maximum absolute atomic E-state index is 12.1. The number of nitrogens with one attached hydrogen (secondary N) is 1. The number of pyridine rings is 1. The fraction of sp³-hybridized carbons (Fsp3) is 0.316. The highest BCUT2D eigenvalue weighted by atomic mass is 16.4. The van der Waals surface area contributed by atoms with E-state index in [9.17, 15) is 15.0 Å². The Hall–Kier alpha value is -2.97. The summed E-state index contributed by atoms with van der Waals surface area (Å²) in [6.45, 7) is 2.49. The van der Waals surface area contributed by atoms with E-state index in [1.807, 2.05) is 6.07 Å². The van der Waals surface area contributed by atoms with Crippen LogP contribution in [0.25, 0.3) is 11.6 Å². The first-order valence-electron chi connectivity index (χ1n) is 8.80. The Labute approximate surface area is 155 Å². The van der Waals surface area contributed by atoms with Crippen molar-refractivity contribution in [1.82, 2.24) is 9.99 Å². The van der Waals surface area contributed by atoms with E-state index in [0.717, 1.165) is 24.0 Å². The molecule has 0 saturated carbocycles. The van der Waals surface area contributed by atoms with Gasteiger partial charge in [-0.3, -0.25) is 10.2 Å². The van der Waals surface area contributed by atoms with Crippen molar-refractivity contribution in [3.8, 4) is 5.75 Å². The summed E-state index contributed by atoms with van der Waals surface area (Å²) in [5.41, 5.74) is 4.66. The third kappa shape index (κ3) is 3.36. The van der Waals surface area contributed by atoms with Crippen LogP contribution < -0.4 is 5.43 Å². The van der Waals surface area contributed by atoms with Gasteiger partial charge in [0.25, 0.3) is 0 Å². The maximum atomic E-state index is 12.1. The molecule has 4 rings (SSSR count). The number of hydrogen-bond donors (Lipinski definition) is 3. The highest BCUT2D eigenvalue weighted by Gasteiger charge is 2.26. The summed E-state index contributed by atoms with van der Waals surface area (Å²) in [5.74, 6) is 0.395. The van der Waals surface area contributed by atoms with Crippen molar-refractivity contribution < 1.29 is 19.4 Å². The number of Topliss-reactive ketones (excluding diaryl/α,β-unsaturated/α-hetero) is 1. The zero-order chi connectivity index (χ0) is 19.0. The topological polar surface area (TPSA) is 111 Å². The molecule has 2 aromatic rings. The molecule has 1 atom stereocenters. The normalized spacial score (nSPS) is 20.8. The van der Waals surface area contributed by atoms with E-state index in [4.69, 9.17) is 4.42 Å². The molecular weight excluding hydrogens is 348 g/mol. The van der Waals surface area contributed by atoms with Gasteiger partial charge in [-0.15, -0.1) is 0 Å². The number of hydrazine groups is 1. The Balaban J connectivity index is 1.68. The number of fused-ring (bicyclic) bond motifs is 1. The molecule has 2 aromatic heterocycles. The molecule has 8 heteroatoms.